The topological polar surface area (TPSA) is 30.3 Å². The van der Waals surface area contributed by atoms with Gasteiger partial charge in [-0.05, 0) is 16.6 Å². The molecule has 3 aliphatic carbocycles. The molecule has 3 nitrogen and oxygen atoms in total. The predicted octanol–water partition coefficient (Wildman–Crippen LogP) is 5.25. The van der Waals surface area contributed by atoms with Crippen molar-refractivity contribution >= 4 is 8.24 Å². The van der Waals surface area contributed by atoms with Gasteiger partial charge in [0.2, 0.25) is 0 Å². The molecule has 3 saturated carbocycles. The van der Waals surface area contributed by atoms with Crippen LogP contribution in [0.15, 0.2) is 0 Å². The van der Waals surface area contributed by atoms with Crippen molar-refractivity contribution in [2.24, 2.45) is 0 Å². The molecule has 4 fully saturated rings. The van der Waals surface area contributed by atoms with E-state index in [0.29, 0.717) is 6.42 Å². The predicted molar refractivity (Wildman–Crippen MR) is 106 cm³/mol. The van der Waals surface area contributed by atoms with Gasteiger partial charge in [-0.1, -0.05) is 77.0 Å². The molecule has 0 atom stereocenters. The lowest BCUT2D eigenvalue weighted by Gasteiger charge is -2.52. The summed E-state index contributed by atoms with van der Waals surface area (Å²) in [5, 5.41) is 8.99. The SMILES string of the molecule is N#CCCN1CCN([Si](C2CCCC2)(C2CCCC2)C2CCCC2)C1. The second kappa shape index (κ2) is 8.11. The van der Waals surface area contributed by atoms with Gasteiger partial charge in [-0.25, -0.2) is 0 Å². The zero-order valence-corrected chi connectivity index (χ0v) is 17.1. The Balaban J connectivity index is 1.63. The Kier molecular flexibility index (Phi) is 5.84. The minimum absolute atomic E-state index is 0.707. The first-order valence-corrected chi connectivity index (χ1v) is 13.4. The maximum Gasteiger partial charge on any atom is 0.139 e. The number of nitriles is 1. The molecule has 0 radical (unpaired) electrons. The van der Waals surface area contributed by atoms with Gasteiger partial charge in [0.15, 0.2) is 0 Å². The summed E-state index contributed by atoms with van der Waals surface area (Å²) in [6.45, 7) is 4.75. The molecule has 4 aliphatic rings. The lowest BCUT2D eigenvalue weighted by Crippen LogP contribution is -2.61. The molecule has 4 heteroatoms. The first-order chi connectivity index (χ1) is 12.4. The van der Waals surface area contributed by atoms with Crippen LogP contribution in [0.5, 0.6) is 0 Å². The van der Waals surface area contributed by atoms with Crippen molar-refractivity contribution in [2.75, 3.05) is 26.3 Å². The molecule has 0 amide bonds. The average molecular weight is 360 g/mol. The Morgan fingerprint density at radius 1 is 0.760 bits per heavy atom. The first-order valence-electron chi connectivity index (χ1n) is 11.2. The quantitative estimate of drug-likeness (QED) is 0.606. The van der Waals surface area contributed by atoms with E-state index in [0.717, 1.165) is 23.2 Å². The first kappa shape index (κ1) is 18.0. The van der Waals surface area contributed by atoms with Crippen molar-refractivity contribution in [3.8, 4) is 6.07 Å². The van der Waals surface area contributed by atoms with Crippen LogP contribution in [-0.4, -0.2) is 44.0 Å². The fourth-order valence-electron chi connectivity index (χ4n) is 7.29. The second-order valence-electron chi connectivity index (χ2n) is 9.26. The molecule has 0 aromatic rings. The van der Waals surface area contributed by atoms with Crippen molar-refractivity contribution in [1.29, 1.82) is 5.26 Å². The molecule has 0 unspecified atom stereocenters. The van der Waals surface area contributed by atoms with Crippen LogP contribution in [-0.2, 0) is 0 Å². The van der Waals surface area contributed by atoms with Gasteiger partial charge in [-0.15, -0.1) is 0 Å². The summed E-state index contributed by atoms with van der Waals surface area (Å²) in [4.78, 5) is 2.60. The van der Waals surface area contributed by atoms with Gasteiger partial charge in [-0.2, -0.15) is 5.26 Å². The molecule has 0 bridgehead atoms. The Morgan fingerprint density at radius 3 is 1.68 bits per heavy atom. The summed E-state index contributed by atoms with van der Waals surface area (Å²) in [5.41, 5.74) is 3.28. The standard InChI is InChI=1S/C21H37N3Si/c22-14-7-15-23-16-17-24(18-23)25(19-8-1-2-9-19,20-10-3-4-11-20)21-12-5-6-13-21/h19-21H,1-13,15-18H2. The molecule has 1 heterocycles. The Morgan fingerprint density at radius 2 is 1.24 bits per heavy atom. The van der Waals surface area contributed by atoms with E-state index in [1.54, 1.807) is 38.5 Å². The van der Waals surface area contributed by atoms with Crippen molar-refractivity contribution in [1.82, 2.24) is 9.47 Å². The van der Waals surface area contributed by atoms with E-state index in [4.69, 9.17) is 5.26 Å². The molecule has 0 spiro atoms. The number of rotatable bonds is 6. The van der Waals surface area contributed by atoms with E-state index in [2.05, 4.69) is 15.5 Å². The summed E-state index contributed by atoms with van der Waals surface area (Å²) >= 11 is 0. The summed E-state index contributed by atoms with van der Waals surface area (Å²) in [7, 11) is -1.44. The van der Waals surface area contributed by atoms with Gasteiger partial charge >= 0.3 is 0 Å². The lowest BCUT2D eigenvalue weighted by molar-refractivity contribution is 0.298. The average Bonchev–Trinajstić information content (AvgIpc) is 3.43. The molecule has 4 rings (SSSR count). The van der Waals surface area contributed by atoms with Crippen LogP contribution in [0, 0.1) is 11.3 Å². The lowest BCUT2D eigenvalue weighted by atomic mass is 10.3. The zero-order chi connectivity index (χ0) is 17.1. The summed E-state index contributed by atoms with van der Waals surface area (Å²) in [5.74, 6) is 0. The number of hydrogen-bond acceptors (Lipinski definition) is 3. The van der Waals surface area contributed by atoms with Gasteiger partial charge in [0.1, 0.15) is 8.24 Å². The summed E-state index contributed by atoms with van der Waals surface area (Å²) in [6, 6.07) is 2.36. The highest BCUT2D eigenvalue weighted by Gasteiger charge is 2.58. The molecule has 0 aromatic carbocycles. The molecule has 1 aliphatic heterocycles. The van der Waals surface area contributed by atoms with Crippen LogP contribution < -0.4 is 0 Å². The maximum atomic E-state index is 8.99. The Bertz CT molecular complexity index is 429. The van der Waals surface area contributed by atoms with E-state index >= 15 is 0 Å². The molecule has 1 saturated heterocycles. The van der Waals surface area contributed by atoms with Crippen molar-refractivity contribution in [3.63, 3.8) is 0 Å². The monoisotopic (exact) mass is 359 g/mol. The van der Waals surface area contributed by atoms with Crippen LogP contribution in [0.1, 0.15) is 83.5 Å². The minimum atomic E-state index is -1.44. The van der Waals surface area contributed by atoms with Crippen LogP contribution in [0.3, 0.4) is 0 Å². The normalized spacial score (nSPS) is 28.3. The van der Waals surface area contributed by atoms with E-state index in [9.17, 15) is 0 Å². The zero-order valence-electron chi connectivity index (χ0n) is 16.1. The Hall–Kier alpha value is -0.373. The molecule has 0 N–H and O–H groups in total. The third-order valence-corrected chi connectivity index (χ3v) is 15.3. The highest BCUT2D eigenvalue weighted by atomic mass is 28.3. The molecule has 0 aromatic heterocycles. The highest BCUT2D eigenvalue weighted by Crippen LogP contribution is 2.60. The molecule has 25 heavy (non-hydrogen) atoms. The van der Waals surface area contributed by atoms with E-state index < -0.39 is 8.24 Å². The van der Waals surface area contributed by atoms with Crippen molar-refractivity contribution in [3.05, 3.63) is 0 Å². The third-order valence-electron chi connectivity index (χ3n) is 8.17. The number of nitrogens with zero attached hydrogens (tertiary/aromatic N) is 3. The Labute approximate surface area is 155 Å². The maximum absolute atomic E-state index is 8.99. The third kappa shape index (κ3) is 3.33. The van der Waals surface area contributed by atoms with Crippen LogP contribution in [0.4, 0.5) is 0 Å². The van der Waals surface area contributed by atoms with Gasteiger partial charge in [0, 0.05) is 32.7 Å². The second-order valence-corrected chi connectivity index (χ2v) is 14.1. The van der Waals surface area contributed by atoms with Gasteiger partial charge in [-0.3, -0.25) is 4.90 Å². The fourth-order valence-corrected chi connectivity index (χ4v) is 15.8. The van der Waals surface area contributed by atoms with Gasteiger partial charge < -0.3 is 4.57 Å². The van der Waals surface area contributed by atoms with Gasteiger partial charge in [0.05, 0.1) is 6.07 Å². The van der Waals surface area contributed by atoms with E-state index in [1.165, 1.54) is 58.3 Å². The van der Waals surface area contributed by atoms with Crippen molar-refractivity contribution < 1.29 is 0 Å². The summed E-state index contributed by atoms with van der Waals surface area (Å²) in [6.07, 6.45) is 19.0. The van der Waals surface area contributed by atoms with Crippen LogP contribution in [0.25, 0.3) is 0 Å². The molecular formula is C21H37N3Si. The van der Waals surface area contributed by atoms with E-state index in [-0.39, 0.29) is 0 Å². The largest absolute Gasteiger partial charge is 0.309 e. The highest BCUT2D eigenvalue weighted by molar-refractivity contribution is 6.81. The van der Waals surface area contributed by atoms with Crippen LogP contribution >= 0.6 is 0 Å². The van der Waals surface area contributed by atoms with Gasteiger partial charge in [0.25, 0.3) is 0 Å². The van der Waals surface area contributed by atoms with Crippen molar-refractivity contribution in [2.45, 2.75) is 100 Å². The summed E-state index contributed by atoms with van der Waals surface area (Å²) < 4.78 is 3.12. The van der Waals surface area contributed by atoms with Crippen LogP contribution in [0.2, 0.25) is 16.6 Å². The smallest absolute Gasteiger partial charge is 0.139 e. The minimum Gasteiger partial charge on any atom is -0.309 e. The number of hydrogen-bond donors (Lipinski definition) is 0. The fraction of sp³-hybridized carbons (Fsp3) is 0.952. The molecular weight excluding hydrogens is 322 g/mol. The molecule has 140 valence electrons. The van der Waals surface area contributed by atoms with E-state index in [1.807, 2.05) is 0 Å².